The van der Waals surface area contributed by atoms with E-state index in [9.17, 15) is 4.79 Å². The van der Waals surface area contributed by atoms with Gasteiger partial charge in [-0.2, -0.15) is 0 Å². The normalized spacial score (nSPS) is 16.6. The molecule has 0 saturated carbocycles. The van der Waals surface area contributed by atoms with Crippen LogP contribution in [-0.4, -0.2) is 36.5 Å². The molecule has 1 heterocycles. The zero-order chi connectivity index (χ0) is 13.8. The molecule has 0 spiro atoms. The monoisotopic (exact) mass is 317 g/mol. The van der Waals surface area contributed by atoms with Crippen molar-refractivity contribution >= 4 is 35.6 Å². The molecule has 1 amide bonds. The highest BCUT2D eigenvalue weighted by molar-refractivity contribution is 6.30. The van der Waals surface area contributed by atoms with Crippen LogP contribution in [0.25, 0.3) is 0 Å². The number of carbonyl (C=O) groups is 1. The van der Waals surface area contributed by atoms with Gasteiger partial charge in [0, 0.05) is 29.8 Å². The first-order chi connectivity index (χ1) is 9.04. The number of halogens is 2. The molecule has 1 saturated heterocycles. The second-order valence-corrected chi connectivity index (χ2v) is 5.56. The van der Waals surface area contributed by atoms with Gasteiger partial charge in [0.05, 0.1) is 6.54 Å². The first-order valence-corrected chi connectivity index (χ1v) is 6.96. The number of aryl methyl sites for hydroxylation is 1. The number of carbonyl (C=O) groups excluding carboxylic acids is 1. The zero-order valence-corrected chi connectivity index (χ0v) is 13.1. The van der Waals surface area contributed by atoms with Gasteiger partial charge in [0.15, 0.2) is 0 Å². The molecular formula is C14H21Cl2N3O. The van der Waals surface area contributed by atoms with Gasteiger partial charge < -0.3 is 11.1 Å². The fraction of sp³-hybridized carbons (Fsp3) is 0.500. The Kier molecular flexibility index (Phi) is 6.76. The van der Waals surface area contributed by atoms with E-state index < -0.39 is 0 Å². The van der Waals surface area contributed by atoms with E-state index in [1.54, 1.807) is 6.07 Å². The second kappa shape index (κ2) is 7.84. The molecule has 1 aliphatic heterocycles. The van der Waals surface area contributed by atoms with Crippen LogP contribution in [0.5, 0.6) is 0 Å². The van der Waals surface area contributed by atoms with Gasteiger partial charge in [0.2, 0.25) is 5.91 Å². The number of benzene rings is 1. The zero-order valence-electron chi connectivity index (χ0n) is 11.6. The molecule has 1 aromatic rings. The van der Waals surface area contributed by atoms with Gasteiger partial charge in [-0.25, -0.2) is 0 Å². The van der Waals surface area contributed by atoms with E-state index in [0.29, 0.717) is 11.6 Å². The number of rotatable bonds is 3. The largest absolute Gasteiger partial charge is 0.328 e. The van der Waals surface area contributed by atoms with Crippen LogP contribution < -0.4 is 11.1 Å². The van der Waals surface area contributed by atoms with Crippen molar-refractivity contribution in [3.63, 3.8) is 0 Å². The predicted molar refractivity (Wildman–Crippen MR) is 85.7 cm³/mol. The molecule has 0 aliphatic carbocycles. The minimum atomic E-state index is 0. The standard InChI is InChI=1S/C14H20ClN3O.ClH/c1-10-8-11(15)2-3-13(10)17-14(19)9-18-6-4-12(16)5-7-18;/h2-3,8,12H,4-7,9,16H2,1H3,(H,17,19);1H. The van der Waals surface area contributed by atoms with Crippen LogP contribution in [0.3, 0.4) is 0 Å². The van der Waals surface area contributed by atoms with Crippen molar-refractivity contribution in [2.24, 2.45) is 5.73 Å². The van der Waals surface area contributed by atoms with Crippen molar-refractivity contribution < 1.29 is 4.79 Å². The van der Waals surface area contributed by atoms with E-state index in [2.05, 4.69) is 10.2 Å². The molecule has 0 bridgehead atoms. The van der Waals surface area contributed by atoms with Crippen LogP contribution in [0.2, 0.25) is 5.02 Å². The van der Waals surface area contributed by atoms with Gasteiger partial charge in [0.25, 0.3) is 0 Å². The van der Waals surface area contributed by atoms with Crippen molar-refractivity contribution in [3.8, 4) is 0 Å². The molecule has 1 fully saturated rings. The van der Waals surface area contributed by atoms with Crippen LogP contribution >= 0.6 is 24.0 Å². The van der Waals surface area contributed by atoms with E-state index in [-0.39, 0.29) is 24.4 Å². The molecule has 2 rings (SSSR count). The second-order valence-electron chi connectivity index (χ2n) is 5.12. The van der Waals surface area contributed by atoms with Gasteiger partial charge in [-0.1, -0.05) is 11.6 Å². The van der Waals surface area contributed by atoms with Gasteiger partial charge in [-0.3, -0.25) is 9.69 Å². The molecule has 1 aromatic carbocycles. The Morgan fingerprint density at radius 1 is 1.45 bits per heavy atom. The highest BCUT2D eigenvalue weighted by atomic mass is 35.5. The summed E-state index contributed by atoms with van der Waals surface area (Å²) in [6.45, 7) is 4.15. The van der Waals surface area contributed by atoms with E-state index in [0.717, 1.165) is 37.2 Å². The van der Waals surface area contributed by atoms with Crippen LogP contribution in [0.15, 0.2) is 18.2 Å². The maximum atomic E-state index is 12.0. The van der Waals surface area contributed by atoms with E-state index in [1.807, 2.05) is 19.1 Å². The molecule has 0 radical (unpaired) electrons. The Balaban J connectivity index is 0.00000200. The molecule has 0 unspecified atom stereocenters. The number of nitrogens with zero attached hydrogens (tertiary/aromatic N) is 1. The van der Waals surface area contributed by atoms with Crippen LogP contribution in [0, 0.1) is 6.92 Å². The number of piperidine rings is 1. The maximum Gasteiger partial charge on any atom is 0.238 e. The summed E-state index contributed by atoms with van der Waals surface area (Å²) in [7, 11) is 0. The van der Waals surface area contributed by atoms with Crippen molar-refractivity contribution in [1.82, 2.24) is 4.90 Å². The SMILES string of the molecule is Cc1cc(Cl)ccc1NC(=O)CN1CCC(N)CC1.Cl. The lowest BCUT2D eigenvalue weighted by Crippen LogP contribution is -2.43. The van der Waals surface area contributed by atoms with E-state index in [1.165, 1.54) is 0 Å². The minimum Gasteiger partial charge on any atom is -0.328 e. The summed E-state index contributed by atoms with van der Waals surface area (Å²) < 4.78 is 0. The highest BCUT2D eigenvalue weighted by Crippen LogP contribution is 2.19. The number of hydrogen-bond acceptors (Lipinski definition) is 3. The number of hydrogen-bond donors (Lipinski definition) is 2. The summed E-state index contributed by atoms with van der Waals surface area (Å²) in [6.07, 6.45) is 1.93. The first-order valence-electron chi connectivity index (χ1n) is 6.58. The Bertz CT molecular complexity index is 460. The summed E-state index contributed by atoms with van der Waals surface area (Å²) in [6, 6.07) is 5.75. The lowest BCUT2D eigenvalue weighted by atomic mass is 10.1. The van der Waals surface area contributed by atoms with Gasteiger partial charge in [-0.05, 0) is 43.5 Å². The third kappa shape index (κ3) is 4.94. The van der Waals surface area contributed by atoms with Crippen molar-refractivity contribution in [1.29, 1.82) is 0 Å². The Morgan fingerprint density at radius 2 is 2.10 bits per heavy atom. The molecule has 1 aliphatic rings. The number of likely N-dealkylation sites (tertiary alicyclic amines) is 1. The van der Waals surface area contributed by atoms with Crippen LogP contribution in [0.4, 0.5) is 5.69 Å². The summed E-state index contributed by atoms with van der Waals surface area (Å²) in [4.78, 5) is 14.1. The third-order valence-electron chi connectivity index (χ3n) is 3.46. The van der Waals surface area contributed by atoms with Crippen molar-refractivity contribution in [2.75, 3.05) is 25.0 Å². The van der Waals surface area contributed by atoms with Crippen LogP contribution in [0.1, 0.15) is 18.4 Å². The quantitative estimate of drug-likeness (QED) is 0.900. The molecule has 4 nitrogen and oxygen atoms in total. The molecule has 3 N–H and O–H groups in total. The van der Waals surface area contributed by atoms with E-state index in [4.69, 9.17) is 17.3 Å². The number of amides is 1. The number of anilines is 1. The summed E-state index contributed by atoms with van der Waals surface area (Å²) in [5, 5.41) is 3.61. The number of nitrogens with two attached hydrogens (primary N) is 1. The lowest BCUT2D eigenvalue weighted by molar-refractivity contribution is -0.117. The smallest absolute Gasteiger partial charge is 0.238 e. The summed E-state index contributed by atoms with van der Waals surface area (Å²) in [5.74, 6) is 0.0147. The highest BCUT2D eigenvalue weighted by Gasteiger charge is 2.18. The topological polar surface area (TPSA) is 58.4 Å². The lowest BCUT2D eigenvalue weighted by Gasteiger charge is -2.29. The average molecular weight is 318 g/mol. The predicted octanol–water partition coefficient (Wildman–Crippen LogP) is 2.43. The number of nitrogens with one attached hydrogen (secondary N) is 1. The molecular weight excluding hydrogens is 297 g/mol. The molecule has 6 heteroatoms. The Hall–Kier alpha value is -0.810. The average Bonchev–Trinajstić information content (AvgIpc) is 2.36. The fourth-order valence-corrected chi connectivity index (χ4v) is 2.50. The fourth-order valence-electron chi connectivity index (χ4n) is 2.27. The van der Waals surface area contributed by atoms with Gasteiger partial charge in [0.1, 0.15) is 0 Å². The molecule has 0 aromatic heterocycles. The molecule has 20 heavy (non-hydrogen) atoms. The minimum absolute atomic E-state index is 0. The van der Waals surface area contributed by atoms with Gasteiger partial charge in [-0.15, -0.1) is 12.4 Å². The molecule has 112 valence electrons. The van der Waals surface area contributed by atoms with E-state index >= 15 is 0 Å². The first kappa shape index (κ1) is 17.2. The van der Waals surface area contributed by atoms with Gasteiger partial charge >= 0.3 is 0 Å². The summed E-state index contributed by atoms with van der Waals surface area (Å²) >= 11 is 5.89. The van der Waals surface area contributed by atoms with Crippen molar-refractivity contribution in [2.45, 2.75) is 25.8 Å². The Morgan fingerprint density at radius 3 is 2.70 bits per heavy atom. The third-order valence-corrected chi connectivity index (χ3v) is 3.70. The molecule has 0 atom stereocenters. The Labute approximate surface area is 131 Å². The summed E-state index contributed by atoms with van der Waals surface area (Å²) in [5.41, 5.74) is 7.64. The van der Waals surface area contributed by atoms with Crippen molar-refractivity contribution in [3.05, 3.63) is 28.8 Å². The maximum absolute atomic E-state index is 12.0. The van der Waals surface area contributed by atoms with Crippen LogP contribution in [-0.2, 0) is 4.79 Å².